The third-order valence-corrected chi connectivity index (χ3v) is 5.73. The second-order valence-electron chi connectivity index (χ2n) is 8.69. The largest absolute Gasteiger partial charge is 0.508 e. The average Bonchev–Trinajstić information content (AvgIpc) is 2.85. The van der Waals surface area contributed by atoms with Gasteiger partial charge in [0.25, 0.3) is 0 Å². The lowest BCUT2D eigenvalue weighted by Gasteiger charge is -2.22. The van der Waals surface area contributed by atoms with E-state index in [1.165, 1.54) is 31.7 Å². The minimum Gasteiger partial charge on any atom is -0.508 e. The van der Waals surface area contributed by atoms with Gasteiger partial charge in [-0.1, -0.05) is 19.8 Å². The molecule has 4 N–H and O–H groups in total. The summed E-state index contributed by atoms with van der Waals surface area (Å²) < 4.78 is 40.4. The van der Waals surface area contributed by atoms with Gasteiger partial charge < -0.3 is 16.2 Å². The fraction of sp³-hybridized carbons (Fsp3) is 0.370. The SMILES string of the molecule is CC1CCCC(N)C1.CNc1cccnc1.O=Cc1ccc(F)c(CCc2c(F)cc(O)cc2F)n1. The molecule has 2 heterocycles. The molecule has 0 amide bonds. The summed E-state index contributed by atoms with van der Waals surface area (Å²) in [6.07, 6.45) is 9.04. The van der Waals surface area contributed by atoms with Crippen molar-refractivity contribution >= 4 is 12.0 Å². The van der Waals surface area contributed by atoms with Gasteiger partial charge in [0.2, 0.25) is 0 Å². The smallest absolute Gasteiger partial charge is 0.168 e. The number of hydrogen-bond donors (Lipinski definition) is 3. The summed E-state index contributed by atoms with van der Waals surface area (Å²) in [6.45, 7) is 2.29. The Kier molecular flexibility index (Phi) is 11.9. The van der Waals surface area contributed by atoms with E-state index in [-0.39, 0.29) is 29.8 Å². The molecule has 2 atom stereocenters. The zero-order valence-electron chi connectivity index (χ0n) is 20.6. The standard InChI is InChI=1S/C14H10F3NO2.C7H15N.C6H8N2/c15-11-3-1-8(7-19)18-14(11)4-2-10-12(16)5-9(20)6-13(10)17;1-6-3-2-4-7(8)5-6;1-7-6-3-2-4-8-5-6/h1,3,5-7,20H,2,4H2;6-7H,2-5,8H2,1H3;2-5,7H,1H3. The topological polar surface area (TPSA) is 101 Å². The van der Waals surface area contributed by atoms with Crippen molar-refractivity contribution in [3.63, 3.8) is 0 Å². The number of aromatic hydroxyl groups is 1. The number of phenols is 1. The number of benzene rings is 1. The van der Waals surface area contributed by atoms with E-state index in [4.69, 9.17) is 10.8 Å². The van der Waals surface area contributed by atoms with Crippen molar-refractivity contribution in [1.82, 2.24) is 9.97 Å². The van der Waals surface area contributed by atoms with E-state index in [2.05, 4.69) is 22.2 Å². The molecule has 0 saturated heterocycles. The minimum absolute atomic E-state index is 0.0403. The van der Waals surface area contributed by atoms with Crippen LogP contribution >= 0.6 is 0 Å². The first-order valence-electron chi connectivity index (χ1n) is 11.8. The highest BCUT2D eigenvalue weighted by atomic mass is 19.1. The first-order valence-corrected chi connectivity index (χ1v) is 11.8. The third-order valence-electron chi connectivity index (χ3n) is 5.73. The maximum Gasteiger partial charge on any atom is 0.168 e. The van der Waals surface area contributed by atoms with Crippen molar-refractivity contribution in [3.8, 4) is 5.75 Å². The van der Waals surface area contributed by atoms with Crippen molar-refractivity contribution in [2.24, 2.45) is 11.7 Å². The minimum atomic E-state index is -0.908. The molecule has 1 aliphatic rings. The molecule has 1 saturated carbocycles. The van der Waals surface area contributed by atoms with Gasteiger partial charge in [0.15, 0.2) is 6.29 Å². The third kappa shape index (κ3) is 9.65. The Labute approximate surface area is 209 Å². The quantitative estimate of drug-likeness (QED) is 0.401. The van der Waals surface area contributed by atoms with Crippen LogP contribution in [-0.4, -0.2) is 34.5 Å². The Bertz CT molecular complexity index is 1070. The van der Waals surface area contributed by atoms with E-state index < -0.39 is 23.2 Å². The van der Waals surface area contributed by atoms with Gasteiger partial charge in [-0.05, 0) is 55.9 Å². The van der Waals surface area contributed by atoms with Gasteiger partial charge in [-0.15, -0.1) is 0 Å². The van der Waals surface area contributed by atoms with Crippen molar-refractivity contribution < 1.29 is 23.1 Å². The Morgan fingerprint density at radius 3 is 2.33 bits per heavy atom. The van der Waals surface area contributed by atoms with E-state index in [1.807, 2.05) is 19.2 Å². The number of carbonyl (C=O) groups excluding carboxylic acids is 1. The normalized spacial score (nSPS) is 16.6. The Hall–Kier alpha value is -3.46. The second-order valence-corrected chi connectivity index (χ2v) is 8.69. The number of anilines is 1. The number of pyridine rings is 2. The van der Waals surface area contributed by atoms with E-state index in [0.717, 1.165) is 29.8 Å². The summed E-state index contributed by atoms with van der Waals surface area (Å²) in [4.78, 5) is 18.2. The Morgan fingerprint density at radius 1 is 1.11 bits per heavy atom. The van der Waals surface area contributed by atoms with Crippen LogP contribution in [0, 0.1) is 23.4 Å². The van der Waals surface area contributed by atoms with Crippen LogP contribution in [0.2, 0.25) is 0 Å². The van der Waals surface area contributed by atoms with Gasteiger partial charge >= 0.3 is 0 Å². The molecule has 6 nitrogen and oxygen atoms in total. The fourth-order valence-electron chi connectivity index (χ4n) is 3.81. The van der Waals surface area contributed by atoms with Crippen molar-refractivity contribution in [2.45, 2.75) is 51.5 Å². The summed E-state index contributed by atoms with van der Waals surface area (Å²) in [5, 5.41) is 12.0. The number of aldehydes is 1. The van der Waals surface area contributed by atoms with Crippen LogP contribution in [0.25, 0.3) is 0 Å². The van der Waals surface area contributed by atoms with Crippen LogP contribution in [0.4, 0.5) is 18.9 Å². The number of hydrogen-bond acceptors (Lipinski definition) is 6. The summed E-state index contributed by atoms with van der Waals surface area (Å²) in [5.74, 6) is -2.09. The van der Waals surface area contributed by atoms with Crippen molar-refractivity contribution in [3.05, 3.63) is 83.2 Å². The number of aromatic nitrogens is 2. The molecule has 1 fully saturated rings. The van der Waals surface area contributed by atoms with Crippen molar-refractivity contribution in [2.75, 3.05) is 12.4 Å². The molecular weight excluding hydrogens is 469 g/mol. The number of carbonyl (C=O) groups is 1. The fourth-order valence-corrected chi connectivity index (χ4v) is 3.81. The molecule has 9 heteroatoms. The molecule has 2 unspecified atom stereocenters. The lowest BCUT2D eigenvalue weighted by atomic mass is 9.88. The molecule has 0 spiro atoms. The molecule has 36 heavy (non-hydrogen) atoms. The van der Waals surface area contributed by atoms with Crippen LogP contribution in [0.1, 0.15) is 54.4 Å². The van der Waals surface area contributed by atoms with E-state index in [9.17, 15) is 18.0 Å². The summed E-state index contributed by atoms with van der Waals surface area (Å²) in [7, 11) is 1.87. The molecule has 4 rings (SSSR count). The number of nitrogens with one attached hydrogen (secondary N) is 1. The van der Waals surface area contributed by atoms with Crippen LogP contribution in [0.3, 0.4) is 0 Å². The predicted octanol–water partition coefficient (Wildman–Crippen LogP) is 5.45. The lowest BCUT2D eigenvalue weighted by Crippen LogP contribution is -2.26. The lowest BCUT2D eigenvalue weighted by molar-refractivity contribution is 0.111. The number of halogens is 3. The van der Waals surface area contributed by atoms with Gasteiger partial charge in [0.1, 0.15) is 28.9 Å². The monoisotopic (exact) mass is 502 g/mol. The van der Waals surface area contributed by atoms with Gasteiger partial charge in [-0.25, -0.2) is 18.2 Å². The highest BCUT2D eigenvalue weighted by Gasteiger charge is 2.14. The first-order chi connectivity index (χ1) is 17.2. The number of rotatable bonds is 5. The summed E-state index contributed by atoms with van der Waals surface area (Å²) in [5.41, 5.74) is 6.52. The average molecular weight is 503 g/mol. The van der Waals surface area contributed by atoms with Crippen molar-refractivity contribution in [1.29, 1.82) is 0 Å². The number of nitrogens with zero attached hydrogens (tertiary/aromatic N) is 2. The van der Waals surface area contributed by atoms with Gasteiger partial charge in [0, 0.05) is 43.2 Å². The zero-order valence-corrected chi connectivity index (χ0v) is 20.6. The van der Waals surface area contributed by atoms with Crippen LogP contribution in [0.5, 0.6) is 5.75 Å². The van der Waals surface area contributed by atoms with E-state index >= 15 is 0 Å². The Morgan fingerprint density at radius 2 is 1.83 bits per heavy atom. The molecule has 2 aromatic heterocycles. The highest BCUT2D eigenvalue weighted by Crippen LogP contribution is 2.22. The molecule has 0 aliphatic heterocycles. The second kappa shape index (κ2) is 14.8. The molecule has 0 radical (unpaired) electrons. The number of nitrogens with two attached hydrogens (primary N) is 1. The molecule has 3 aromatic rings. The molecule has 1 aromatic carbocycles. The number of phenolic OH excluding ortho intramolecular Hbond substituents is 1. The van der Waals surface area contributed by atoms with Gasteiger partial charge in [-0.3, -0.25) is 9.78 Å². The number of aryl methyl sites for hydroxylation is 1. The van der Waals surface area contributed by atoms with Crippen LogP contribution in [0.15, 0.2) is 48.8 Å². The molecular formula is C27H33F3N4O2. The summed E-state index contributed by atoms with van der Waals surface area (Å²) >= 11 is 0. The summed E-state index contributed by atoms with van der Waals surface area (Å²) in [6, 6.07) is 8.23. The van der Waals surface area contributed by atoms with Gasteiger partial charge in [0.05, 0.1) is 11.4 Å². The van der Waals surface area contributed by atoms with E-state index in [0.29, 0.717) is 12.3 Å². The Balaban J connectivity index is 0.000000232. The van der Waals surface area contributed by atoms with Gasteiger partial charge in [-0.2, -0.15) is 0 Å². The maximum atomic E-state index is 13.5. The molecule has 194 valence electrons. The molecule has 0 bridgehead atoms. The van der Waals surface area contributed by atoms with Crippen LogP contribution < -0.4 is 11.1 Å². The van der Waals surface area contributed by atoms with Crippen LogP contribution in [-0.2, 0) is 12.8 Å². The predicted molar refractivity (Wildman–Crippen MR) is 134 cm³/mol. The highest BCUT2D eigenvalue weighted by molar-refractivity contribution is 5.71. The zero-order chi connectivity index (χ0) is 26.5. The first kappa shape index (κ1) is 28.8. The maximum absolute atomic E-state index is 13.5. The van der Waals surface area contributed by atoms with E-state index in [1.54, 1.807) is 12.4 Å². The molecule has 1 aliphatic carbocycles.